The van der Waals surface area contributed by atoms with Gasteiger partial charge in [-0.1, -0.05) is 23.9 Å². The molecule has 1 aliphatic heterocycles. The fourth-order valence-electron chi connectivity index (χ4n) is 2.98. The minimum Gasteiger partial charge on any atom is -0.492 e. The lowest BCUT2D eigenvalue weighted by Gasteiger charge is -2.09. The number of hydrogen-bond acceptors (Lipinski definition) is 6. The third-order valence-corrected chi connectivity index (χ3v) is 5.28. The van der Waals surface area contributed by atoms with E-state index in [0.717, 1.165) is 28.5 Å². The van der Waals surface area contributed by atoms with Gasteiger partial charge >= 0.3 is 0 Å². The molecule has 1 amide bonds. The number of carbonyl (C=O) groups is 1. The molecule has 0 bridgehead atoms. The van der Waals surface area contributed by atoms with Crippen molar-refractivity contribution in [3.05, 3.63) is 42.5 Å². The van der Waals surface area contributed by atoms with E-state index < -0.39 is 0 Å². The summed E-state index contributed by atoms with van der Waals surface area (Å²) in [4.78, 5) is 16.8. The van der Waals surface area contributed by atoms with E-state index in [2.05, 4.69) is 21.8 Å². The first kappa shape index (κ1) is 18.5. The lowest BCUT2D eigenvalue weighted by molar-refractivity contribution is -0.118. The van der Waals surface area contributed by atoms with Crippen LogP contribution in [-0.4, -0.2) is 41.2 Å². The number of imidazole rings is 1. The molecule has 1 aromatic heterocycles. The van der Waals surface area contributed by atoms with Crippen molar-refractivity contribution < 1.29 is 19.0 Å². The lowest BCUT2D eigenvalue weighted by Crippen LogP contribution is -2.29. The maximum atomic E-state index is 12.1. The highest BCUT2D eigenvalue weighted by molar-refractivity contribution is 7.99. The number of nitrogens with one attached hydrogen (secondary N) is 1. The fourth-order valence-corrected chi connectivity index (χ4v) is 3.88. The minimum absolute atomic E-state index is 0.0472. The molecule has 2 heterocycles. The summed E-state index contributed by atoms with van der Waals surface area (Å²) >= 11 is 1.44. The molecule has 3 aromatic rings. The van der Waals surface area contributed by atoms with Gasteiger partial charge in [0.05, 0.1) is 23.3 Å². The number of rotatable bonds is 8. The summed E-state index contributed by atoms with van der Waals surface area (Å²) < 4.78 is 18.3. The van der Waals surface area contributed by atoms with Crippen LogP contribution in [0.4, 0.5) is 0 Å². The molecular formula is C20H21N3O4S. The van der Waals surface area contributed by atoms with Crippen LogP contribution in [0.25, 0.3) is 11.0 Å². The molecular weight excluding hydrogens is 378 g/mol. The molecule has 1 N–H and O–H groups in total. The second-order valence-electron chi connectivity index (χ2n) is 6.13. The summed E-state index contributed by atoms with van der Waals surface area (Å²) in [6, 6.07) is 13.4. The molecule has 28 heavy (non-hydrogen) atoms. The Morgan fingerprint density at radius 1 is 1.25 bits per heavy atom. The Balaban J connectivity index is 1.23. The van der Waals surface area contributed by atoms with Gasteiger partial charge in [-0.2, -0.15) is 0 Å². The van der Waals surface area contributed by atoms with E-state index in [1.54, 1.807) is 6.07 Å². The number of fused-ring (bicyclic) bond motifs is 2. The lowest BCUT2D eigenvalue weighted by atomic mass is 10.3. The molecule has 0 saturated heterocycles. The average Bonchev–Trinajstić information content (AvgIpc) is 3.32. The molecule has 4 rings (SSSR count). The quantitative estimate of drug-likeness (QED) is 0.464. The van der Waals surface area contributed by atoms with E-state index in [0.29, 0.717) is 30.4 Å². The second kappa shape index (κ2) is 8.43. The van der Waals surface area contributed by atoms with Crippen molar-refractivity contribution in [1.82, 2.24) is 14.9 Å². The highest BCUT2D eigenvalue weighted by atomic mass is 32.2. The van der Waals surface area contributed by atoms with E-state index in [-0.39, 0.29) is 12.7 Å². The van der Waals surface area contributed by atoms with E-state index in [1.807, 2.05) is 36.4 Å². The van der Waals surface area contributed by atoms with E-state index in [1.165, 1.54) is 11.8 Å². The first-order valence-corrected chi connectivity index (χ1v) is 10.1. The molecule has 0 aliphatic carbocycles. The number of nitrogens with zero attached hydrogens (tertiary/aromatic N) is 2. The van der Waals surface area contributed by atoms with Crippen LogP contribution in [0.3, 0.4) is 0 Å². The van der Waals surface area contributed by atoms with Crippen molar-refractivity contribution in [2.45, 2.75) is 18.6 Å². The standard InChI is InChI=1S/C20H21N3O4S/c1-2-23-16-6-4-3-5-15(16)22-20(23)28-12-19(24)21-9-10-25-14-7-8-17-18(11-14)27-13-26-17/h3-8,11H,2,9-10,12-13H2,1H3,(H,21,24). The van der Waals surface area contributed by atoms with Crippen LogP contribution in [-0.2, 0) is 11.3 Å². The van der Waals surface area contributed by atoms with Gasteiger partial charge in [0, 0.05) is 12.6 Å². The van der Waals surface area contributed by atoms with Gasteiger partial charge in [-0.15, -0.1) is 0 Å². The van der Waals surface area contributed by atoms with Gasteiger partial charge in [0.1, 0.15) is 12.4 Å². The number of para-hydroxylation sites is 2. The van der Waals surface area contributed by atoms with Crippen LogP contribution in [0.15, 0.2) is 47.6 Å². The molecule has 0 atom stereocenters. The highest BCUT2D eigenvalue weighted by Crippen LogP contribution is 2.35. The number of aryl methyl sites for hydroxylation is 1. The fraction of sp³-hybridized carbons (Fsp3) is 0.300. The zero-order valence-corrected chi connectivity index (χ0v) is 16.3. The predicted molar refractivity (Wildman–Crippen MR) is 107 cm³/mol. The SMILES string of the molecule is CCn1c(SCC(=O)NCCOc2ccc3c(c2)OCO3)nc2ccccc21. The van der Waals surface area contributed by atoms with E-state index in [9.17, 15) is 4.79 Å². The minimum atomic E-state index is -0.0472. The summed E-state index contributed by atoms with van der Waals surface area (Å²) in [5, 5.41) is 3.73. The Morgan fingerprint density at radius 3 is 3.00 bits per heavy atom. The topological polar surface area (TPSA) is 74.6 Å². The van der Waals surface area contributed by atoms with Crippen molar-refractivity contribution in [3.63, 3.8) is 0 Å². The Hall–Kier alpha value is -2.87. The van der Waals surface area contributed by atoms with Crippen LogP contribution < -0.4 is 19.5 Å². The van der Waals surface area contributed by atoms with Gasteiger partial charge in [-0.25, -0.2) is 4.98 Å². The molecule has 2 aromatic carbocycles. The maximum Gasteiger partial charge on any atom is 0.231 e. The van der Waals surface area contributed by atoms with Crippen molar-refractivity contribution in [1.29, 1.82) is 0 Å². The largest absolute Gasteiger partial charge is 0.492 e. The smallest absolute Gasteiger partial charge is 0.231 e. The first-order valence-electron chi connectivity index (χ1n) is 9.12. The molecule has 7 nitrogen and oxygen atoms in total. The molecule has 0 spiro atoms. The van der Waals surface area contributed by atoms with Crippen molar-refractivity contribution in [3.8, 4) is 17.2 Å². The summed E-state index contributed by atoms with van der Waals surface area (Å²) in [5.74, 6) is 2.35. The van der Waals surface area contributed by atoms with Crippen molar-refractivity contribution >= 4 is 28.7 Å². The molecule has 8 heteroatoms. The maximum absolute atomic E-state index is 12.1. The zero-order chi connectivity index (χ0) is 19.3. The van der Waals surface area contributed by atoms with E-state index in [4.69, 9.17) is 14.2 Å². The summed E-state index contributed by atoms with van der Waals surface area (Å²) in [6.45, 7) is 3.93. The van der Waals surface area contributed by atoms with Crippen LogP contribution in [0.1, 0.15) is 6.92 Å². The molecule has 0 fully saturated rings. The third-order valence-electron chi connectivity index (χ3n) is 4.31. The first-order chi connectivity index (χ1) is 13.7. The van der Waals surface area contributed by atoms with Crippen LogP contribution in [0.2, 0.25) is 0 Å². The van der Waals surface area contributed by atoms with Crippen LogP contribution in [0.5, 0.6) is 17.2 Å². The van der Waals surface area contributed by atoms with Crippen molar-refractivity contribution in [2.75, 3.05) is 25.7 Å². The molecule has 1 aliphatic rings. The van der Waals surface area contributed by atoms with Crippen LogP contribution >= 0.6 is 11.8 Å². The number of carbonyl (C=O) groups excluding carboxylic acids is 1. The summed E-state index contributed by atoms with van der Waals surface area (Å²) in [6.07, 6.45) is 0. The number of hydrogen-bond donors (Lipinski definition) is 1. The van der Waals surface area contributed by atoms with Gasteiger partial charge in [-0.3, -0.25) is 4.79 Å². The number of amides is 1. The highest BCUT2D eigenvalue weighted by Gasteiger charge is 2.14. The van der Waals surface area contributed by atoms with Crippen LogP contribution in [0, 0.1) is 0 Å². The molecule has 0 radical (unpaired) electrons. The van der Waals surface area contributed by atoms with E-state index >= 15 is 0 Å². The number of thioether (sulfide) groups is 1. The molecule has 0 saturated carbocycles. The Labute approximate surface area is 167 Å². The van der Waals surface area contributed by atoms with Gasteiger partial charge in [0.25, 0.3) is 0 Å². The number of ether oxygens (including phenoxy) is 3. The third kappa shape index (κ3) is 4.01. The van der Waals surface area contributed by atoms with Gasteiger partial charge < -0.3 is 24.1 Å². The Bertz CT molecular complexity index is 989. The summed E-state index contributed by atoms with van der Waals surface area (Å²) in [5.41, 5.74) is 2.04. The van der Waals surface area contributed by atoms with Gasteiger partial charge in [-0.05, 0) is 31.2 Å². The van der Waals surface area contributed by atoms with Gasteiger partial charge in [0.15, 0.2) is 16.7 Å². The summed E-state index contributed by atoms with van der Waals surface area (Å²) in [7, 11) is 0. The Kier molecular flexibility index (Phi) is 5.57. The number of benzene rings is 2. The zero-order valence-electron chi connectivity index (χ0n) is 15.5. The predicted octanol–water partition coefficient (Wildman–Crippen LogP) is 3.07. The molecule has 146 valence electrons. The number of aromatic nitrogens is 2. The monoisotopic (exact) mass is 399 g/mol. The normalized spacial score (nSPS) is 12.3. The van der Waals surface area contributed by atoms with Crippen molar-refractivity contribution in [2.24, 2.45) is 0 Å². The molecule has 0 unspecified atom stereocenters. The van der Waals surface area contributed by atoms with Gasteiger partial charge in [0.2, 0.25) is 12.7 Å². The average molecular weight is 399 g/mol. The second-order valence-corrected chi connectivity index (χ2v) is 7.07. The Morgan fingerprint density at radius 2 is 2.11 bits per heavy atom.